The minimum absolute atomic E-state index is 0.0777. The number of aliphatic hydroxyl groups is 1. The van der Waals surface area contributed by atoms with Crippen LogP contribution in [0.4, 0.5) is 0 Å². The first-order valence-electron chi connectivity index (χ1n) is 39.5. The van der Waals surface area contributed by atoms with Gasteiger partial charge in [-0.2, -0.15) is 0 Å². The molecule has 0 saturated heterocycles. The SMILES string of the molecule is CC/C=C\C/C=C\C/C=C\C/C=C\C/C=C\CCCCCC(=O)OCC(COP(=O)(O)OCC(O)COP(=O)(O)OCC(COC(=O)CCCCCCC/C=C\C/C=C\CCC)OC(=O)CCCCCCCCCCCCCCC)OC(=O)CCCCCCC/C=C\CCCCCCCC. The van der Waals surface area contributed by atoms with Gasteiger partial charge in [-0.25, -0.2) is 9.13 Å². The van der Waals surface area contributed by atoms with Crippen LogP contribution >= 0.6 is 15.6 Å². The molecule has 0 bridgehead atoms. The first kappa shape index (κ1) is 96.0. The Morgan fingerprint density at radius 2 is 0.540 bits per heavy atom. The van der Waals surface area contributed by atoms with Crippen molar-refractivity contribution in [2.45, 2.75) is 354 Å². The minimum Gasteiger partial charge on any atom is -0.462 e. The van der Waals surface area contributed by atoms with Crippen LogP contribution in [0, 0.1) is 0 Å². The number of hydrogen-bond donors (Lipinski definition) is 3. The Hall–Kier alpha value is -4.02. The molecule has 0 spiro atoms. The lowest BCUT2D eigenvalue weighted by atomic mass is 10.0. The molecule has 0 aromatic heterocycles. The highest BCUT2D eigenvalue weighted by Crippen LogP contribution is 2.45. The molecule has 0 saturated carbocycles. The molecule has 578 valence electrons. The third-order valence-electron chi connectivity index (χ3n) is 16.5. The minimum atomic E-state index is -4.98. The highest BCUT2D eigenvalue weighted by Gasteiger charge is 2.30. The molecule has 0 radical (unpaired) electrons. The lowest BCUT2D eigenvalue weighted by molar-refractivity contribution is -0.161. The van der Waals surface area contributed by atoms with Gasteiger partial charge in [0.25, 0.3) is 0 Å². The fourth-order valence-corrected chi connectivity index (χ4v) is 12.1. The van der Waals surface area contributed by atoms with Crippen LogP contribution in [0.5, 0.6) is 0 Å². The number of phosphoric acid groups is 2. The second-order valence-electron chi connectivity index (χ2n) is 26.3. The average molecular weight is 1450 g/mol. The number of ether oxygens (including phenoxy) is 4. The monoisotopic (exact) mass is 1450 g/mol. The summed E-state index contributed by atoms with van der Waals surface area (Å²) in [6.45, 7) is 4.66. The van der Waals surface area contributed by atoms with Crippen LogP contribution in [0.1, 0.15) is 336 Å². The average Bonchev–Trinajstić information content (AvgIpc) is 0.946. The summed E-state index contributed by atoms with van der Waals surface area (Å²) in [4.78, 5) is 72.9. The Labute approximate surface area is 607 Å². The Balaban J connectivity index is 5.37. The van der Waals surface area contributed by atoms with Crippen LogP contribution in [-0.2, 0) is 65.4 Å². The summed E-state index contributed by atoms with van der Waals surface area (Å²) in [5.41, 5.74) is 0. The van der Waals surface area contributed by atoms with Gasteiger partial charge >= 0.3 is 39.5 Å². The van der Waals surface area contributed by atoms with Crippen LogP contribution in [0.3, 0.4) is 0 Å². The maximum atomic E-state index is 13.1. The van der Waals surface area contributed by atoms with E-state index in [9.17, 15) is 43.2 Å². The van der Waals surface area contributed by atoms with Gasteiger partial charge in [-0.1, -0.05) is 285 Å². The normalized spacial score (nSPS) is 14.4. The molecule has 100 heavy (non-hydrogen) atoms. The molecule has 17 nitrogen and oxygen atoms in total. The molecule has 0 rings (SSSR count). The van der Waals surface area contributed by atoms with Gasteiger partial charge in [0.2, 0.25) is 0 Å². The van der Waals surface area contributed by atoms with Crippen LogP contribution < -0.4 is 0 Å². The van der Waals surface area contributed by atoms with Gasteiger partial charge in [0, 0.05) is 25.7 Å². The van der Waals surface area contributed by atoms with Crippen LogP contribution in [0.25, 0.3) is 0 Å². The molecular weight excluding hydrogens is 1310 g/mol. The molecule has 0 aliphatic heterocycles. The van der Waals surface area contributed by atoms with Crippen LogP contribution in [0.2, 0.25) is 0 Å². The van der Waals surface area contributed by atoms with Crippen LogP contribution in [-0.4, -0.2) is 96.7 Å². The Morgan fingerprint density at radius 3 is 0.860 bits per heavy atom. The van der Waals surface area contributed by atoms with Crippen molar-refractivity contribution < 1.29 is 80.2 Å². The van der Waals surface area contributed by atoms with E-state index in [4.69, 9.17) is 37.0 Å². The first-order chi connectivity index (χ1) is 48.7. The van der Waals surface area contributed by atoms with E-state index in [1.165, 1.54) is 89.9 Å². The Bertz CT molecular complexity index is 2270. The third-order valence-corrected chi connectivity index (χ3v) is 18.4. The smallest absolute Gasteiger partial charge is 0.462 e. The Morgan fingerprint density at radius 1 is 0.290 bits per heavy atom. The number of hydrogen-bond acceptors (Lipinski definition) is 15. The summed E-state index contributed by atoms with van der Waals surface area (Å²) < 4.78 is 68.5. The fourth-order valence-electron chi connectivity index (χ4n) is 10.5. The van der Waals surface area contributed by atoms with E-state index in [0.717, 1.165) is 167 Å². The van der Waals surface area contributed by atoms with Gasteiger partial charge in [-0.05, 0) is 122 Å². The van der Waals surface area contributed by atoms with Crippen molar-refractivity contribution in [2.75, 3.05) is 39.6 Å². The molecule has 3 N–H and O–H groups in total. The number of aliphatic hydroxyl groups excluding tert-OH is 1. The molecule has 0 aliphatic carbocycles. The van der Waals surface area contributed by atoms with E-state index < -0.39 is 97.5 Å². The van der Waals surface area contributed by atoms with Gasteiger partial charge in [-0.3, -0.25) is 37.3 Å². The molecular formula is C81H142O17P2. The number of unbranched alkanes of at least 4 members (excludes halogenated alkanes) is 32. The summed E-state index contributed by atoms with van der Waals surface area (Å²) in [7, 11) is -9.96. The number of carbonyl (C=O) groups excluding carboxylic acids is 4. The largest absolute Gasteiger partial charge is 0.472 e. The van der Waals surface area contributed by atoms with E-state index in [1.807, 2.05) is 0 Å². The molecule has 0 aromatic rings. The number of rotatable bonds is 74. The highest BCUT2D eigenvalue weighted by atomic mass is 31.2. The topological polar surface area (TPSA) is 237 Å². The number of esters is 4. The maximum Gasteiger partial charge on any atom is 0.472 e. The predicted molar refractivity (Wildman–Crippen MR) is 409 cm³/mol. The number of phosphoric ester groups is 2. The molecule has 0 aliphatic rings. The van der Waals surface area contributed by atoms with Gasteiger partial charge in [0.05, 0.1) is 26.4 Å². The van der Waals surface area contributed by atoms with Crippen molar-refractivity contribution in [3.63, 3.8) is 0 Å². The summed E-state index contributed by atoms with van der Waals surface area (Å²) >= 11 is 0. The Kier molecular flexibility index (Phi) is 70.4. The molecule has 0 amide bonds. The first-order valence-corrected chi connectivity index (χ1v) is 42.5. The third kappa shape index (κ3) is 72.3. The highest BCUT2D eigenvalue weighted by molar-refractivity contribution is 7.47. The van der Waals surface area contributed by atoms with Crippen molar-refractivity contribution in [3.8, 4) is 0 Å². The molecule has 5 unspecified atom stereocenters. The summed E-state index contributed by atoms with van der Waals surface area (Å²) in [6, 6.07) is 0. The maximum absolute atomic E-state index is 13.1. The van der Waals surface area contributed by atoms with Gasteiger partial charge in [0.1, 0.15) is 19.3 Å². The van der Waals surface area contributed by atoms with E-state index in [2.05, 4.69) is 125 Å². The zero-order chi connectivity index (χ0) is 73.2. The lowest BCUT2D eigenvalue weighted by Crippen LogP contribution is -2.30. The van der Waals surface area contributed by atoms with Crippen molar-refractivity contribution >= 4 is 39.5 Å². The zero-order valence-electron chi connectivity index (χ0n) is 63.1. The van der Waals surface area contributed by atoms with Crippen molar-refractivity contribution in [1.82, 2.24) is 0 Å². The standard InChI is InChI=1S/C81H142O17P2/c1-5-9-13-17-21-25-29-33-35-36-37-38-40-43-46-50-54-58-62-66-79(84)92-72-77(98-81(86)68-64-60-56-52-48-44-39-34-30-26-22-18-14-10-6-2)74-96-100(89,90)94-70-75(82)69-93-99(87,88)95-73-76(97-80(85)67-63-59-55-51-47-42-32-28-24-20-16-12-8-4)71-91-78(83)65-61-57-53-49-45-41-31-27-23-19-15-11-7-3/h9,13,15,19,21,25,27,31,33-35,37-39,43,46,75-77,82H,5-8,10-12,14,16-18,20,22-24,26,28-30,32,36,40-42,44-45,47-74H2,1-4H3,(H,87,88)(H,89,90)/b13-9-,19-15-,25-21-,31-27-,35-33-,38-37-,39-34-,46-43-. The van der Waals surface area contributed by atoms with Crippen molar-refractivity contribution in [3.05, 3.63) is 97.2 Å². The second-order valence-corrected chi connectivity index (χ2v) is 29.2. The van der Waals surface area contributed by atoms with E-state index in [0.29, 0.717) is 25.7 Å². The van der Waals surface area contributed by atoms with E-state index in [-0.39, 0.29) is 25.7 Å². The van der Waals surface area contributed by atoms with Gasteiger partial charge in [-0.15, -0.1) is 0 Å². The quantitative estimate of drug-likeness (QED) is 0.0169. The molecule has 0 aromatic carbocycles. The molecule has 19 heteroatoms. The van der Waals surface area contributed by atoms with E-state index in [1.54, 1.807) is 0 Å². The van der Waals surface area contributed by atoms with Gasteiger partial charge < -0.3 is 33.8 Å². The van der Waals surface area contributed by atoms with Crippen molar-refractivity contribution in [2.24, 2.45) is 0 Å². The lowest BCUT2D eigenvalue weighted by Gasteiger charge is -2.21. The molecule has 5 atom stereocenters. The van der Waals surface area contributed by atoms with E-state index >= 15 is 0 Å². The molecule has 0 fully saturated rings. The molecule has 0 heterocycles. The van der Waals surface area contributed by atoms with Crippen LogP contribution in [0.15, 0.2) is 97.2 Å². The zero-order valence-corrected chi connectivity index (χ0v) is 64.9. The fraction of sp³-hybridized carbons (Fsp3) is 0.753. The number of allylic oxidation sites excluding steroid dienone is 16. The number of carbonyl (C=O) groups is 4. The summed E-state index contributed by atoms with van der Waals surface area (Å²) in [6.07, 6.45) is 76.7. The van der Waals surface area contributed by atoms with Crippen molar-refractivity contribution in [1.29, 1.82) is 0 Å². The summed E-state index contributed by atoms with van der Waals surface area (Å²) in [5.74, 6) is -2.22. The second kappa shape index (κ2) is 73.3. The van der Waals surface area contributed by atoms with Gasteiger partial charge in [0.15, 0.2) is 12.2 Å². The predicted octanol–water partition coefficient (Wildman–Crippen LogP) is 22.8. The summed E-state index contributed by atoms with van der Waals surface area (Å²) in [5, 5.41) is 10.6.